The summed E-state index contributed by atoms with van der Waals surface area (Å²) in [7, 11) is 0.563. The fourth-order valence-corrected chi connectivity index (χ4v) is 4.85. The van der Waals surface area contributed by atoms with Crippen LogP contribution in [0.5, 0.6) is 0 Å². The molecule has 0 fully saturated rings. The Morgan fingerprint density at radius 1 is 0.727 bits per heavy atom. The highest BCUT2D eigenvalue weighted by Gasteiger charge is 2.32. The highest BCUT2D eigenvalue weighted by molar-refractivity contribution is 6.75. The van der Waals surface area contributed by atoms with E-state index in [0.29, 0.717) is 9.52 Å². The molecule has 0 bridgehead atoms. The van der Waals surface area contributed by atoms with E-state index in [1.807, 2.05) is 0 Å². The van der Waals surface area contributed by atoms with E-state index in [9.17, 15) is 0 Å². The number of rotatable bonds is 16. The van der Waals surface area contributed by atoms with Gasteiger partial charge in [-0.25, -0.2) is 0 Å². The van der Waals surface area contributed by atoms with E-state index in [-0.39, 0.29) is 5.38 Å². The Labute approximate surface area is 156 Å². The van der Waals surface area contributed by atoms with E-state index >= 15 is 0 Å². The van der Waals surface area contributed by atoms with Crippen molar-refractivity contribution in [2.75, 3.05) is 0 Å². The Kier molecular flexibility index (Phi) is 16.4. The SMILES string of the molecule is CCCCCCCCCC[Si]C(Cl)(Cl)C(Cl)CCCCCC. The van der Waals surface area contributed by atoms with Gasteiger partial charge in [-0.2, -0.15) is 0 Å². The van der Waals surface area contributed by atoms with Crippen LogP contribution in [0.4, 0.5) is 0 Å². The third kappa shape index (κ3) is 13.5. The van der Waals surface area contributed by atoms with Gasteiger partial charge in [-0.05, 0) is 6.42 Å². The van der Waals surface area contributed by atoms with E-state index in [2.05, 4.69) is 13.8 Å². The molecule has 0 N–H and O–H groups in total. The van der Waals surface area contributed by atoms with Gasteiger partial charge in [0.25, 0.3) is 0 Å². The summed E-state index contributed by atoms with van der Waals surface area (Å²) in [6, 6.07) is 1.13. The second-order valence-corrected chi connectivity index (χ2v) is 10.5. The molecule has 0 aromatic heterocycles. The van der Waals surface area contributed by atoms with E-state index in [1.165, 1.54) is 70.6 Å². The quantitative estimate of drug-likeness (QED) is 0.143. The molecule has 132 valence electrons. The third-order valence-electron chi connectivity index (χ3n) is 4.10. The van der Waals surface area contributed by atoms with Crippen molar-refractivity contribution >= 4 is 44.3 Å². The Bertz CT molecular complexity index is 234. The van der Waals surface area contributed by atoms with Gasteiger partial charge < -0.3 is 0 Å². The van der Waals surface area contributed by atoms with E-state index in [0.717, 1.165) is 18.9 Å². The van der Waals surface area contributed by atoms with E-state index in [4.69, 9.17) is 34.8 Å². The summed E-state index contributed by atoms with van der Waals surface area (Å²) in [6.45, 7) is 4.48. The Morgan fingerprint density at radius 3 is 1.73 bits per heavy atom. The van der Waals surface area contributed by atoms with Crippen molar-refractivity contribution in [3.63, 3.8) is 0 Å². The maximum atomic E-state index is 6.44. The minimum absolute atomic E-state index is 0.0972. The Morgan fingerprint density at radius 2 is 1.18 bits per heavy atom. The van der Waals surface area contributed by atoms with Crippen molar-refractivity contribution in [3.8, 4) is 0 Å². The Balaban J connectivity index is 3.53. The first-order valence-electron chi connectivity index (χ1n) is 9.31. The average Bonchev–Trinajstić information content (AvgIpc) is 2.49. The predicted molar refractivity (Wildman–Crippen MR) is 106 cm³/mol. The molecule has 0 aliphatic rings. The summed E-state index contributed by atoms with van der Waals surface area (Å²) in [5.74, 6) is 0. The fourth-order valence-electron chi connectivity index (χ4n) is 2.56. The molecule has 0 heterocycles. The summed E-state index contributed by atoms with van der Waals surface area (Å²) in [4.78, 5) is 0. The van der Waals surface area contributed by atoms with Gasteiger partial charge in [-0.15, -0.1) is 34.8 Å². The first-order chi connectivity index (χ1) is 10.5. The van der Waals surface area contributed by atoms with Crippen molar-refractivity contribution in [2.24, 2.45) is 0 Å². The summed E-state index contributed by atoms with van der Waals surface area (Å²) >= 11 is 19.3. The molecule has 0 spiro atoms. The normalized spacial score (nSPS) is 13.5. The predicted octanol–water partition coefficient (Wildman–Crippen LogP) is 7.96. The average molecular weight is 386 g/mol. The van der Waals surface area contributed by atoms with Crippen molar-refractivity contribution in [2.45, 2.75) is 113 Å². The smallest absolute Gasteiger partial charge is 0.119 e. The molecule has 0 rings (SSSR count). The van der Waals surface area contributed by atoms with Gasteiger partial charge >= 0.3 is 0 Å². The first kappa shape index (κ1) is 23.1. The molecule has 0 saturated carbocycles. The van der Waals surface area contributed by atoms with Crippen LogP contribution in [0.1, 0.15) is 97.3 Å². The van der Waals surface area contributed by atoms with Gasteiger partial charge in [0.15, 0.2) is 0 Å². The summed E-state index contributed by atoms with van der Waals surface area (Å²) < 4.78 is -0.713. The van der Waals surface area contributed by atoms with Crippen LogP contribution in [-0.4, -0.2) is 18.9 Å². The van der Waals surface area contributed by atoms with Crippen LogP contribution in [0.2, 0.25) is 6.04 Å². The molecular weight excluding hydrogens is 351 g/mol. The minimum Gasteiger partial charge on any atom is -0.120 e. The van der Waals surface area contributed by atoms with Crippen LogP contribution in [0.3, 0.4) is 0 Å². The molecular formula is C18H35Cl3Si. The van der Waals surface area contributed by atoms with Gasteiger partial charge in [0.05, 0.1) is 14.9 Å². The lowest BCUT2D eigenvalue weighted by atomic mass is 10.1. The summed E-state index contributed by atoms with van der Waals surface area (Å²) in [5, 5.41) is -0.0972. The van der Waals surface area contributed by atoms with Crippen molar-refractivity contribution in [1.82, 2.24) is 0 Å². The zero-order chi connectivity index (χ0) is 16.7. The van der Waals surface area contributed by atoms with Gasteiger partial charge in [-0.1, -0.05) is 96.9 Å². The van der Waals surface area contributed by atoms with E-state index < -0.39 is 3.96 Å². The number of alkyl halides is 3. The molecule has 2 radical (unpaired) electrons. The topological polar surface area (TPSA) is 0 Å². The first-order valence-corrected chi connectivity index (χ1v) is 11.7. The molecule has 0 saturated heterocycles. The van der Waals surface area contributed by atoms with Gasteiger partial charge in [0.2, 0.25) is 0 Å². The lowest BCUT2D eigenvalue weighted by Crippen LogP contribution is -2.33. The van der Waals surface area contributed by atoms with Crippen LogP contribution >= 0.6 is 34.8 Å². The third-order valence-corrected chi connectivity index (χ3v) is 7.80. The molecule has 0 amide bonds. The molecule has 1 unspecified atom stereocenters. The van der Waals surface area contributed by atoms with Crippen LogP contribution < -0.4 is 0 Å². The van der Waals surface area contributed by atoms with E-state index in [1.54, 1.807) is 0 Å². The fraction of sp³-hybridized carbons (Fsp3) is 1.00. The lowest BCUT2D eigenvalue weighted by Gasteiger charge is -2.24. The minimum atomic E-state index is -0.713. The molecule has 0 aromatic carbocycles. The highest BCUT2D eigenvalue weighted by atomic mass is 35.5. The monoisotopic (exact) mass is 384 g/mol. The molecule has 0 aliphatic carbocycles. The second kappa shape index (κ2) is 15.6. The molecule has 0 aromatic rings. The standard InChI is InChI=1S/C18H35Cl3Si/c1-3-5-7-9-10-11-12-14-16-22-18(20,21)17(19)15-13-8-6-4-2/h17H,3-16H2,1-2H3. The zero-order valence-corrected chi connectivity index (χ0v) is 17.9. The van der Waals surface area contributed by atoms with Crippen molar-refractivity contribution in [1.29, 1.82) is 0 Å². The number of hydrogen-bond donors (Lipinski definition) is 0. The van der Waals surface area contributed by atoms with Crippen LogP contribution in [0.25, 0.3) is 0 Å². The number of unbranched alkanes of at least 4 members (excludes halogenated alkanes) is 10. The van der Waals surface area contributed by atoms with Crippen LogP contribution in [0, 0.1) is 0 Å². The highest BCUT2D eigenvalue weighted by Crippen LogP contribution is 2.33. The maximum Gasteiger partial charge on any atom is 0.119 e. The van der Waals surface area contributed by atoms with Gasteiger partial charge in [0, 0.05) is 0 Å². The van der Waals surface area contributed by atoms with Crippen LogP contribution in [-0.2, 0) is 0 Å². The molecule has 0 aliphatic heterocycles. The number of hydrogen-bond acceptors (Lipinski definition) is 0. The second-order valence-electron chi connectivity index (χ2n) is 6.34. The maximum absolute atomic E-state index is 6.44. The Hall–Kier alpha value is 1.09. The molecule has 4 heteroatoms. The molecule has 22 heavy (non-hydrogen) atoms. The molecule has 1 atom stereocenters. The van der Waals surface area contributed by atoms with Crippen molar-refractivity contribution in [3.05, 3.63) is 0 Å². The van der Waals surface area contributed by atoms with Gasteiger partial charge in [-0.3, -0.25) is 0 Å². The zero-order valence-electron chi connectivity index (χ0n) is 14.6. The largest absolute Gasteiger partial charge is 0.120 e. The lowest BCUT2D eigenvalue weighted by molar-refractivity contribution is 0.584. The molecule has 0 nitrogen and oxygen atoms in total. The summed E-state index contributed by atoms with van der Waals surface area (Å²) in [5.41, 5.74) is 0. The van der Waals surface area contributed by atoms with Gasteiger partial charge in [0.1, 0.15) is 3.96 Å². The van der Waals surface area contributed by atoms with Crippen molar-refractivity contribution < 1.29 is 0 Å². The number of halogens is 3. The summed E-state index contributed by atoms with van der Waals surface area (Å²) in [6.07, 6.45) is 16.7. The van der Waals surface area contributed by atoms with Crippen LogP contribution in [0.15, 0.2) is 0 Å².